The van der Waals surface area contributed by atoms with Crippen LogP contribution in [0.2, 0.25) is 0 Å². The summed E-state index contributed by atoms with van der Waals surface area (Å²) in [5.74, 6) is -0.513. The number of pyridine rings is 1. The van der Waals surface area contributed by atoms with E-state index in [0.29, 0.717) is 32.7 Å². The molecule has 0 aromatic carbocycles. The molecule has 1 aromatic heterocycles. The number of nitrogens with one attached hydrogen (secondary N) is 1. The number of aromatic nitrogens is 1. The maximum Gasteiger partial charge on any atom is 0.272 e. The average Bonchev–Trinajstić information content (AvgIpc) is 2.61. The van der Waals surface area contributed by atoms with Crippen molar-refractivity contribution in [2.45, 2.75) is 0 Å². The number of hydrogen-bond donors (Lipinski definition) is 1. The first-order valence-corrected chi connectivity index (χ1v) is 7.90. The van der Waals surface area contributed by atoms with E-state index in [1.54, 1.807) is 28.0 Å². The Labute approximate surface area is 141 Å². The summed E-state index contributed by atoms with van der Waals surface area (Å²) in [4.78, 5) is 44.7. The Kier molecular flexibility index (Phi) is 6.25. The van der Waals surface area contributed by atoms with Gasteiger partial charge in [0.2, 0.25) is 6.41 Å². The molecule has 1 saturated heterocycles. The predicted molar refractivity (Wildman–Crippen MR) is 88.7 cm³/mol. The minimum absolute atomic E-state index is 0.219. The van der Waals surface area contributed by atoms with Crippen molar-refractivity contribution in [3.05, 3.63) is 29.6 Å². The van der Waals surface area contributed by atoms with E-state index >= 15 is 0 Å². The van der Waals surface area contributed by atoms with Gasteiger partial charge in [-0.1, -0.05) is 6.07 Å². The SMILES string of the molecule is CN(C)CCNC(=O)c1cccc(C(=O)N2CCN(C=O)CC2)n1. The molecule has 0 aliphatic carbocycles. The van der Waals surface area contributed by atoms with Gasteiger partial charge in [0.1, 0.15) is 11.4 Å². The molecule has 0 atom stereocenters. The summed E-state index contributed by atoms with van der Waals surface area (Å²) >= 11 is 0. The van der Waals surface area contributed by atoms with Gasteiger partial charge in [-0.25, -0.2) is 4.98 Å². The lowest BCUT2D eigenvalue weighted by Gasteiger charge is -2.32. The van der Waals surface area contributed by atoms with Crippen molar-refractivity contribution in [3.63, 3.8) is 0 Å². The van der Waals surface area contributed by atoms with E-state index in [2.05, 4.69) is 10.3 Å². The third-order valence-corrected chi connectivity index (χ3v) is 3.80. The number of nitrogens with zero attached hydrogens (tertiary/aromatic N) is 4. The summed E-state index contributed by atoms with van der Waals surface area (Å²) < 4.78 is 0. The summed E-state index contributed by atoms with van der Waals surface area (Å²) in [5.41, 5.74) is 0.473. The van der Waals surface area contributed by atoms with Gasteiger partial charge in [0, 0.05) is 39.3 Å². The van der Waals surface area contributed by atoms with E-state index in [4.69, 9.17) is 0 Å². The van der Waals surface area contributed by atoms with Crippen molar-refractivity contribution in [2.75, 3.05) is 53.4 Å². The lowest BCUT2D eigenvalue weighted by Crippen LogP contribution is -2.48. The molecule has 3 amide bonds. The second kappa shape index (κ2) is 8.39. The number of hydrogen-bond acceptors (Lipinski definition) is 5. The summed E-state index contributed by atoms with van der Waals surface area (Å²) in [6.07, 6.45) is 0.790. The van der Waals surface area contributed by atoms with Crippen LogP contribution in [0.1, 0.15) is 21.0 Å². The molecule has 24 heavy (non-hydrogen) atoms. The van der Waals surface area contributed by atoms with E-state index in [1.165, 1.54) is 0 Å². The van der Waals surface area contributed by atoms with Gasteiger partial charge < -0.3 is 20.0 Å². The van der Waals surface area contributed by atoms with Crippen LogP contribution in [-0.2, 0) is 4.79 Å². The normalized spacial score (nSPS) is 14.6. The van der Waals surface area contributed by atoms with Crippen molar-refractivity contribution in [1.82, 2.24) is 25.0 Å². The van der Waals surface area contributed by atoms with Crippen molar-refractivity contribution < 1.29 is 14.4 Å². The highest BCUT2D eigenvalue weighted by molar-refractivity contribution is 5.96. The fraction of sp³-hybridized carbons (Fsp3) is 0.500. The molecule has 8 nitrogen and oxygen atoms in total. The van der Waals surface area contributed by atoms with Crippen molar-refractivity contribution in [1.29, 1.82) is 0 Å². The predicted octanol–water partition coefficient (Wildman–Crippen LogP) is -0.713. The quantitative estimate of drug-likeness (QED) is 0.695. The van der Waals surface area contributed by atoms with Gasteiger partial charge in [0.15, 0.2) is 0 Å². The molecule has 1 aliphatic rings. The number of piperazine rings is 1. The van der Waals surface area contributed by atoms with E-state index < -0.39 is 0 Å². The maximum atomic E-state index is 12.5. The molecule has 0 unspecified atom stereocenters. The van der Waals surface area contributed by atoms with Crippen LogP contribution in [0.3, 0.4) is 0 Å². The van der Waals surface area contributed by atoms with Crippen molar-refractivity contribution in [2.24, 2.45) is 0 Å². The smallest absolute Gasteiger partial charge is 0.272 e. The lowest BCUT2D eigenvalue weighted by atomic mass is 10.2. The van der Waals surface area contributed by atoms with Crippen molar-refractivity contribution >= 4 is 18.2 Å². The molecule has 0 saturated carbocycles. The van der Waals surface area contributed by atoms with E-state index in [0.717, 1.165) is 13.0 Å². The monoisotopic (exact) mass is 333 g/mol. The molecule has 8 heteroatoms. The summed E-state index contributed by atoms with van der Waals surface area (Å²) in [6, 6.07) is 4.85. The van der Waals surface area contributed by atoms with Gasteiger partial charge in [0.05, 0.1) is 0 Å². The highest BCUT2D eigenvalue weighted by Gasteiger charge is 2.22. The molecule has 0 spiro atoms. The molecule has 2 rings (SSSR count). The van der Waals surface area contributed by atoms with E-state index in [9.17, 15) is 14.4 Å². The highest BCUT2D eigenvalue weighted by atomic mass is 16.2. The van der Waals surface area contributed by atoms with E-state index in [1.807, 2.05) is 19.0 Å². The molecule has 130 valence electrons. The zero-order chi connectivity index (χ0) is 17.5. The molecule has 0 radical (unpaired) electrons. The number of rotatable bonds is 6. The number of carbonyl (C=O) groups is 3. The number of likely N-dealkylation sites (N-methyl/N-ethyl adjacent to an activating group) is 1. The first-order chi connectivity index (χ1) is 11.5. The van der Waals surface area contributed by atoms with E-state index in [-0.39, 0.29) is 23.2 Å². The first kappa shape index (κ1) is 17.9. The molecular weight excluding hydrogens is 310 g/mol. The third kappa shape index (κ3) is 4.76. The minimum Gasteiger partial charge on any atom is -0.349 e. The van der Waals surface area contributed by atoms with Gasteiger partial charge >= 0.3 is 0 Å². The Hall–Kier alpha value is -2.48. The minimum atomic E-state index is -0.294. The van der Waals surface area contributed by atoms with Crippen molar-refractivity contribution in [3.8, 4) is 0 Å². The van der Waals surface area contributed by atoms with Crippen LogP contribution in [-0.4, -0.2) is 91.3 Å². The van der Waals surface area contributed by atoms with Gasteiger partial charge in [-0.2, -0.15) is 0 Å². The lowest BCUT2D eigenvalue weighted by molar-refractivity contribution is -0.119. The summed E-state index contributed by atoms with van der Waals surface area (Å²) in [6.45, 7) is 3.21. The van der Waals surface area contributed by atoms with Crippen LogP contribution in [0.4, 0.5) is 0 Å². The Morgan fingerprint density at radius 2 is 1.88 bits per heavy atom. The summed E-state index contributed by atoms with van der Waals surface area (Å²) in [7, 11) is 3.85. The van der Waals surface area contributed by atoms with Gasteiger partial charge in [-0.05, 0) is 26.2 Å². The highest BCUT2D eigenvalue weighted by Crippen LogP contribution is 2.07. The van der Waals surface area contributed by atoms with Crippen LogP contribution in [0.5, 0.6) is 0 Å². The Bertz CT molecular complexity index is 597. The fourth-order valence-electron chi connectivity index (χ4n) is 2.36. The zero-order valence-electron chi connectivity index (χ0n) is 14.1. The molecular formula is C16H23N5O3. The van der Waals surface area contributed by atoms with Gasteiger partial charge in [-0.15, -0.1) is 0 Å². The second-order valence-corrected chi connectivity index (χ2v) is 5.90. The Morgan fingerprint density at radius 1 is 1.21 bits per heavy atom. The Morgan fingerprint density at radius 3 is 2.50 bits per heavy atom. The topological polar surface area (TPSA) is 85.9 Å². The standard InChI is InChI=1S/C16H23N5O3/c1-19(2)7-6-17-15(23)13-4-3-5-14(18-13)16(24)21-10-8-20(12-22)9-11-21/h3-5,12H,6-11H2,1-2H3,(H,17,23). The largest absolute Gasteiger partial charge is 0.349 e. The molecule has 2 heterocycles. The second-order valence-electron chi connectivity index (χ2n) is 5.90. The Balaban J connectivity index is 1.97. The van der Waals surface area contributed by atoms with Gasteiger partial charge in [-0.3, -0.25) is 14.4 Å². The van der Waals surface area contributed by atoms with Crippen LogP contribution in [0.25, 0.3) is 0 Å². The third-order valence-electron chi connectivity index (χ3n) is 3.80. The van der Waals surface area contributed by atoms with Gasteiger partial charge in [0.25, 0.3) is 11.8 Å². The van der Waals surface area contributed by atoms with Crippen LogP contribution in [0.15, 0.2) is 18.2 Å². The summed E-state index contributed by atoms with van der Waals surface area (Å²) in [5, 5.41) is 2.78. The maximum absolute atomic E-state index is 12.5. The first-order valence-electron chi connectivity index (χ1n) is 7.90. The molecule has 1 aliphatic heterocycles. The number of carbonyl (C=O) groups excluding carboxylic acids is 3. The molecule has 1 N–H and O–H groups in total. The molecule has 1 fully saturated rings. The number of amides is 3. The van der Waals surface area contributed by atoms with Crippen LogP contribution < -0.4 is 5.32 Å². The van der Waals surface area contributed by atoms with Crippen LogP contribution >= 0.6 is 0 Å². The molecule has 0 bridgehead atoms. The fourth-order valence-corrected chi connectivity index (χ4v) is 2.36. The molecule has 1 aromatic rings. The van der Waals surface area contributed by atoms with Crippen LogP contribution in [0, 0.1) is 0 Å². The average molecular weight is 333 g/mol. The zero-order valence-corrected chi connectivity index (χ0v) is 14.1.